The number of thiazole rings is 1. The summed E-state index contributed by atoms with van der Waals surface area (Å²) in [4.78, 5) is 8.15. The summed E-state index contributed by atoms with van der Waals surface area (Å²) in [6.07, 6.45) is 2.31. The molecule has 0 amide bonds. The SMILES string of the molecule is CNCC1(CN(C)Cc2scnc2C)CCOCC1. The number of ether oxygens (including phenoxy) is 1. The van der Waals surface area contributed by atoms with Crippen molar-refractivity contribution >= 4 is 11.3 Å². The van der Waals surface area contributed by atoms with E-state index in [0.717, 1.165) is 45.7 Å². The standard InChI is InChI=1S/C14H25N3OS/c1-12-13(19-11-16-12)8-17(3)10-14(9-15-2)4-6-18-7-5-14/h11,15H,4-10H2,1-3H3. The van der Waals surface area contributed by atoms with Crippen LogP contribution in [-0.2, 0) is 11.3 Å². The van der Waals surface area contributed by atoms with Crippen LogP contribution in [0.4, 0.5) is 0 Å². The van der Waals surface area contributed by atoms with Crippen molar-refractivity contribution in [3.63, 3.8) is 0 Å². The summed E-state index contributed by atoms with van der Waals surface area (Å²) >= 11 is 1.76. The average molecular weight is 283 g/mol. The summed E-state index contributed by atoms with van der Waals surface area (Å²) in [6, 6.07) is 0. The molecule has 0 aliphatic carbocycles. The Morgan fingerprint density at radius 1 is 1.47 bits per heavy atom. The van der Waals surface area contributed by atoms with Crippen LogP contribution in [0.1, 0.15) is 23.4 Å². The molecule has 5 heteroatoms. The van der Waals surface area contributed by atoms with Crippen LogP contribution >= 0.6 is 11.3 Å². The molecule has 2 rings (SSSR count). The maximum absolute atomic E-state index is 5.52. The Bertz CT molecular complexity index is 382. The largest absolute Gasteiger partial charge is 0.381 e. The molecular weight excluding hydrogens is 258 g/mol. The normalized spacial score (nSPS) is 18.9. The molecule has 1 aromatic rings. The number of nitrogens with zero attached hydrogens (tertiary/aromatic N) is 2. The Labute approximate surface area is 120 Å². The highest BCUT2D eigenvalue weighted by molar-refractivity contribution is 7.09. The molecule has 2 heterocycles. The second-order valence-electron chi connectivity index (χ2n) is 5.68. The van der Waals surface area contributed by atoms with Gasteiger partial charge in [0.05, 0.1) is 11.2 Å². The van der Waals surface area contributed by atoms with E-state index in [1.807, 2.05) is 12.6 Å². The summed E-state index contributed by atoms with van der Waals surface area (Å²) in [5, 5.41) is 3.36. The van der Waals surface area contributed by atoms with Crippen LogP contribution in [0.3, 0.4) is 0 Å². The topological polar surface area (TPSA) is 37.4 Å². The maximum Gasteiger partial charge on any atom is 0.0798 e. The van der Waals surface area contributed by atoms with Crippen LogP contribution in [0.2, 0.25) is 0 Å². The third-order valence-electron chi connectivity index (χ3n) is 3.97. The molecule has 0 radical (unpaired) electrons. The van der Waals surface area contributed by atoms with Gasteiger partial charge in [0, 0.05) is 37.7 Å². The summed E-state index contributed by atoms with van der Waals surface area (Å²) in [5.41, 5.74) is 3.47. The van der Waals surface area contributed by atoms with Crippen LogP contribution in [0, 0.1) is 12.3 Å². The Hall–Kier alpha value is -0.490. The van der Waals surface area contributed by atoms with Crippen molar-refractivity contribution in [1.82, 2.24) is 15.2 Å². The molecule has 0 saturated carbocycles. The fourth-order valence-corrected chi connectivity index (χ4v) is 3.78. The molecule has 1 aromatic heterocycles. The Morgan fingerprint density at radius 2 is 2.21 bits per heavy atom. The molecule has 0 spiro atoms. The van der Waals surface area contributed by atoms with Gasteiger partial charge in [-0.15, -0.1) is 11.3 Å². The van der Waals surface area contributed by atoms with Gasteiger partial charge in [0.15, 0.2) is 0 Å². The van der Waals surface area contributed by atoms with Gasteiger partial charge in [-0.2, -0.15) is 0 Å². The van der Waals surface area contributed by atoms with Crippen molar-refractivity contribution in [1.29, 1.82) is 0 Å². The first-order chi connectivity index (χ1) is 9.15. The quantitative estimate of drug-likeness (QED) is 0.865. The number of nitrogens with one attached hydrogen (secondary N) is 1. The third kappa shape index (κ3) is 3.99. The zero-order chi connectivity index (χ0) is 13.7. The second kappa shape index (κ2) is 6.79. The third-order valence-corrected chi connectivity index (χ3v) is 4.89. The van der Waals surface area contributed by atoms with Crippen LogP contribution < -0.4 is 5.32 Å². The number of hydrogen-bond acceptors (Lipinski definition) is 5. The second-order valence-corrected chi connectivity index (χ2v) is 6.62. The van der Waals surface area contributed by atoms with E-state index < -0.39 is 0 Å². The lowest BCUT2D eigenvalue weighted by molar-refractivity contribution is -0.000645. The zero-order valence-electron chi connectivity index (χ0n) is 12.2. The van der Waals surface area contributed by atoms with Crippen molar-refractivity contribution in [2.45, 2.75) is 26.3 Å². The molecule has 1 aliphatic heterocycles. The predicted octanol–water partition coefficient (Wildman–Crippen LogP) is 1.90. The minimum atomic E-state index is 0.361. The van der Waals surface area contributed by atoms with Gasteiger partial charge in [0.2, 0.25) is 0 Å². The molecule has 0 unspecified atom stereocenters. The average Bonchev–Trinajstić information content (AvgIpc) is 2.76. The summed E-state index contributed by atoms with van der Waals surface area (Å²) in [7, 11) is 4.26. The number of hydrogen-bond donors (Lipinski definition) is 1. The predicted molar refractivity (Wildman–Crippen MR) is 79.6 cm³/mol. The first-order valence-corrected chi connectivity index (χ1v) is 7.83. The highest BCUT2D eigenvalue weighted by Gasteiger charge is 2.33. The van der Waals surface area contributed by atoms with E-state index in [-0.39, 0.29) is 0 Å². The highest BCUT2D eigenvalue weighted by Crippen LogP contribution is 2.31. The van der Waals surface area contributed by atoms with Crippen molar-refractivity contribution in [3.05, 3.63) is 16.1 Å². The monoisotopic (exact) mass is 283 g/mol. The van der Waals surface area contributed by atoms with Crippen molar-refractivity contribution in [3.8, 4) is 0 Å². The van der Waals surface area contributed by atoms with E-state index in [0.29, 0.717) is 5.41 Å². The fraction of sp³-hybridized carbons (Fsp3) is 0.786. The minimum Gasteiger partial charge on any atom is -0.381 e. The van der Waals surface area contributed by atoms with Gasteiger partial charge in [0.1, 0.15) is 0 Å². The summed E-state index contributed by atoms with van der Waals surface area (Å²) in [6.45, 7) is 7.08. The van der Waals surface area contributed by atoms with E-state index >= 15 is 0 Å². The van der Waals surface area contributed by atoms with Crippen LogP contribution in [-0.4, -0.2) is 50.3 Å². The Balaban J connectivity index is 1.94. The number of aromatic nitrogens is 1. The first kappa shape index (κ1) is 14.9. The molecular formula is C14H25N3OS. The molecule has 1 saturated heterocycles. The van der Waals surface area contributed by atoms with E-state index in [2.05, 4.69) is 29.2 Å². The lowest BCUT2D eigenvalue weighted by Gasteiger charge is -2.40. The molecule has 1 aliphatic rings. The van der Waals surface area contributed by atoms with Gasteiger partial charge >= 0.3 is 0 Å². The van der Waals surface area contributed by atoms with Gasteiger partial charge in [-0.3, -0.25) is 0 Å². The van der Waals surface area contributed by atoms with Gasteiger partial charge in [-0.05, 0) is 39.3 Å². The molecule has 1 N–H and O–H groups in total. The van der Waals surface area contributed by atoms with Crippen LogP contribution in [0.5, 0.6) is 0 Å². The molecule has 4 nitrogen and oxygen atoms in total. The molecule has 108 valence electrons. The lowest BCUT2D eigenvalue weighted by Crippen LogP contribution is -2.45. The van der Waals surface area contributed by atoms with Crippen molar-refractivity contribution in [2.75, 3.05) is 40.4 Å². The molecule has 19 heavy (non-hydrogen) atoms. The molecule has 1 fully saturated rings. The van der Waals surface area contributed by atoms with Gasteiger partial charge in [-0.25, -0.2) is 4.98 Å². The smallest absolute Gasteiger partial charge is 0.0798 e. The lowest BCUT2D eigenvalue weighted by atomic mass is 9.79. The molecule has 0 aromatic carbocycles. The summed E-state index contributed by atoms with van der Waals surface area (Å²) < 4.78 is 5.52. The van der Waals surface area contributed by atoms with E-state index in [9.17, 15) is 0 Å². The van der Waals surface area contributed by atoms with Gasteiger partial charge in [-0.1, -0.05) is 0 Å². The van der Waals surface area contributed by atoms with Crippen LogP contribution in [0.25, 0.3) is 0 Å². The minimum absolute atomic E-state index is 0.361. The first-order valence-electron chi connectivity index (χ1n) is 6.95. The van der Waals surface area contributed by atoms with Gasteiger partial charge < -0.3 is 15.0 Å². The number of aryl methyl sites for hydroxylation is 1. The molecule has 0 atom stereocenters. The zero-order valence-corrected chi connectivity index (χ0v) is 13.1. The fourth-order valence-electron chi connectivity index (χ4n) is 2.92. The van der Waals surface area contributed by atoms with E-state index in [1.54, 1.807) is 11.3 Å². The summed E-state index contributed by atoms with van der Waals surface area (Å²) in [5.74, 6) is 0. The van der Waals surface area contributed by atoms with Crippen LogP contribution in [0.15, 0.2) is 5.51 Å². The van der Waals surface area contributed by atoms with Gasteiger partial charge in [0.25, 0.3) is 0 Å². The maximum atomic E-state index is 5.52. The van der Waals surface area contributed by atoms with E-state index in [4.69, 9.17) is 4.74 Å². The van der Waals surface area contributed by atoms with Crippen molar-refractivity contribution < 1.29 is 4.74 Å². The molecule has 0 bridgehead atoms. The number of rotatable bonds is 6. The van der Waals surface area contributed by atoms with E-state index in [1.165, 1.54) is 10.6 Å². The Kier molecular flexibility index (Phi) is 5.33. The Morgan fingerprint density at radius 3 is 2.79 bits per heavy atom. The van der Waals surface area contributed by atoms with Crippen molar-refractivity contribution in [2.24, 2.45) is 5.41 Å². The highest BCUT2D eigenvalue weighted by atomic mass is 32.1.